The summed E-state index contributed by atoms with van der Waals surface area (Å²) in [5, 5.41) is 14.9. The maximum absolute atomic E-state index is 10.4. The molecule has 6 heteroatoms. The number of aliphatic carboxylic acids is 1. The predicted molar refractivity (Wildman–Crippen MR) is 69.5 cm³/mol. The molecule has 0 unspecified atom stereocenters. The van der Waals surface area contributed by atoms with Crippen molar-refractivity contribution in [3.05, 3.63) is 23.3 Å². The monoisotopic (exact) mass is 265 g/mol. The molecule has 2 rings (SSSR count). The fraction of sp³-hybridized carbons (Fsp3) is 0.417. The van der Waals surface area contributed by atoms with E-state index in [-0.39, 0.29) is 6.42 Å². The van der Waals surface area contributed by atoms with Crippen LogP contribution in [0, 0.1) is 0 Å². The lowest BCUT2D eigenvalue weighted by molar-refractivity contribution is -0.137. The molecule has 0 aliphatic heterocycles. The molecule has 0 atom stereocenters. The van der Waals surface area contributed by atoms with Gasteiger partial charge in [-0.3, -0.25) is 9.48 Å². The first-order valence-electron chi connectivity index (χ1n) is 5.82. The van der Waals surface area contributed by atoms with E-state index in [9.17, 15) is 4.79 Å². The molecule has 0 bridgehead atoms. The van der Waals surface area contributed by atoms with Crippen LogP contribution >= 0.6 is 11.3 Å². The average molecular weight is 265 g/mol. The quantitative estimate of drug-likeness (QED) is 0.814. The van der Waals surface area contributed by atoms with Gasteiger partial charge in [-0.1, -0.05) is 6.07 Å². The van der Waals surface area contributed by atoms with Crippen LogP contribution in [0.3, 0.4) is 0 Å². The highest BCUT2D eigenvalue weighted by atomic mass is 32.1. The van der Waals surface area contributed by atoms with Crippen LogP contribution in [0.2, 0.25) is 0 Å². The molecule has 0 amide bonds. The third-order valence-electron chi connectivity index (χ3n) is 2.64. The summed E-state index contributed by atoms with van der Waals surface area (Å²) in [6.07, 6.45) is 2.48. The van der Waals surface area contributed by atoms with Gasteiger partial charge >= 0.3 is 5.97 Å². The largest absolute Gasteiger partial charge is 0.481 e. The minimum Gasteiger partial charge on any atom is -0.481 e. The standard InChI is InChI=1S/C12H15N3O2S/c1-15-10(6-2-3-7-11(16)17)13-12(14-15)9-5-4-8-18-9/h4-5,8H,2-3,6-7H2,1H3,(H,16,17). The zero-order chi connectivity index (χ0) is 13.0. The molecule has 0 aliphatic carbocycles. The van der Waals surface area contributed by atoms with Gasteiger partial charge < -0.3 is 5.11 Å². The predicted octanol–water partition coefficient (Wildman–Crippen LogP) is 2.34. The van der Waals surface area contributed by atoms with Crippen molar-refractivity contribution in [2.75, 3.05) is 0 Å². The van der Waals surface area contributed by atoms with Crippen molar-refractivity contribution >= 4 is 17.3 Å². The van der Waals surface area contributed by atoms with Crippen molar-refractivity contribution in [3.8, 4) is 10.7 Å². The van der Waals surface area contributed by atoms with Gasteiger partial charge in [0.25, 0.3) is 0 Å². The Morgan fingerprint density at radius 2 is 2.33 bits per heavy atom. The van der Waals surface area contributed by atoms with Crippen molar-refractivity contribution in [2.45, 2.75) is 25.7 Å². The van der Waals surface area contributed by atoms with Gasteiger partial charge in [-0.05, 0) is 24.3 Å². The number of carboxylic acid groups (broad SMARTS) is 1. The highest BCUT2D eigenvalue weighted by Gasteiger charge is 2.09. The second kappa shape index (κ2) is 5.77. The van der Waals surface area contributed by atoms with Crippen LogP contribution in [0.25, 0.3) is 10.7 Å². The Balaban J connectivity index is 1.95. The zero-order valence-corrected chi connectivity index (χ0v) is 11.0. The molecular weight excluding hydrogens is 250 g/mol. The molecule has 2 aromatic heterocycles. The topological polar surface area (TPSA) is 68.0 Å². The van der Waals surface area contributed by atoms with Gasteiger partial charge in [-0.2, -0.15) is 5.10 Å². The molecule has 0 saturated carbocycles. The van der Waals surface area contributed by atoms with Gasteiger partial charge in [-0.25, -0.2) is 4.98 Å². The van der Waals surface area contributed by atoms with E-state index < -0.39 is 5.97 Å². The first kappa shape index (κ1) is 12.8. The van der Waals surface area contributed by atoms with Crippen LogP contribution < -0.4 is 0 Å². The van der Waals surface area contributed by atoms with Crippen molar-refractivity contribution < 1.29 is 9.90 Å². The van der Waals surface area contributed by atoms with Crippen LogP contribution in [0.5, 0.6) is 0 Å². The van der Waals surface area contributed by atoms with Gasteiger partial charge in [0.15, 0.2) is 5.82 Å². The lowest BCUT2D eigenvalue weighted by atomic mass is 10.2. The number of hydrogen-bond acceptors (Lipinski definition) is 4. The third kappa shape index (κ3) is 3.16. The Kier molecular flexibility index (Phi) is 4.09. The first-order valence-corrected chi connectivity index (χ1v) is 6.70. The smallest absolute Gasteiger partial charge is 0.303 e. The van der Waals surface area contributed by atoms with E-state index in [4.69, 9.17) is 5.11 Å². The molecule has 0 spiro atoms. The van der Waals surface area contributed by atoms with E-state index >= 15 is 0 Å². The maximum atomic E-state index is 10.4. The maximum Gasteiger partial charge on any atom is 0.303 e. The van der Waals surface area contributed by atoms with E-state index in [1.807, 2.05) is 24.6 Å². The summed E-state index contributed by atoms with van der Waals surface area (Å²) in [5.41, 5.74) is 0. The number of aromatic nitrogens is 3. The molecular formula is C12H15N3O2S. The first-order chi connectivity index (χ1) is 8.66. The SMILES string of the molecule is Cn1nc(-c2cccs2)nc1CCCCC(=O)O. The second-order valence-corrected chi connectivity index (χ2v) is 5.00. The number of thiophene rings is 1. The second-order valence-electron chi connectivity index (χ2n) is 4.05. The van der Waals surface area contributed by atoms with Gasteiger partial charge in [0.05, 0.1) is 4.88 Å². The molecule has 1 N–H and O–H groups in total. The minimum absolute atomic E-state index is 0.218. The zero-order valence-electron chi connectivity index (χ0n) is 10.2. The normalized spacial score (nSPS) is 10.7. The van der Waals surface area contributed by atoms with Gasteiger partial charge in [0.2, 0.25) is 0 Å². The number of aryl methyl sites for hydroxylation is 2. The van der Waals surface area contributed by atoms with Crippen LogP contribution in [0.1, 0.15) is 25.1 Å². The molecule has 0 saturated heterocycles. The van der Waals surface area contributed by atoms with E-state index in [1.165, 1.54) is 0 Å². The van der Waals surface area contributed by atoms with E-state index in [2.05, 4.69) is 10.1 Å². The lowest BCUT2D eigenvalue weighted by Crippen LogP contribution is -2.00. The average Bonchev–Trinajstić information content (AvgIpc) is 2.93. The molecule has 5 nitrogen and oxygen atoms in total. The summed E-state index contributed by atoms with van der Waals surface area (Å²) in [4.78, 5) is 15.9. The molecule has 2 heterocycles. The Bertz CT molecular complexity index is 519. The van der Waals surface area contributed by atoms with Crippen molar-refractivity contribution in [3.63, 3.8) is 0 Å². The number of hydrogen-bond donors (Lipinski definition) is 1. The Morgan fingerprint density at radius 3 is 3.00 bits per heavy atom. The van der Waals surface area contributed by atoms with Crippen LogP contribution in [0.15, 0.2) is 17.5 Å². The lowest BCUT2D eigenvalue weighted by Gasteiger charge is -1.98. The molecule has 0 aromatic carbocycles. The number of nitrogens with zero attached hydrogens (tertiary/aromatic N) is 3. The van der Waals surface area contributed by atoms with Crippen LogP contribution in [0.4, 0.5) is 0 Å². The summed E-state index contributed by atoms with van der Waals surface area (Å²) in [6.45, 7) is 0. The Morgan fingerprint density at radius 1 is 1.50 bits per heavy atom. The minimum atomic E-state index is -0.743. The number of carboxylic acids is 1. The summed E-state index contributed by atoms with van der Waals surface area (Å²) < 4.78 is 1.77. The van der Waals surface area contributed by atoms with Crippen molar-refractivity contribution in [1.82, 2.24) is 14.8 Å². The molecule has 18 heavy (non-hydrogen) atoms. The Hall–Kier alpha value is -1.69. The number of unbranched alkanes of at least 4 members (excludes halogenated alkanes) is 1. The summed E-state index contributed by atoms with van der Waals surface area (Å²) in [7, 11) is 1.87. The Labute approximate surface area is 109 Å². The van der Waals surface area contributed by atoms with E-state index in [0.717, 1.165) is 29.4 Å². The van der Waals surface area contributed by atoms with Crippen LogP contribution in [-0.4, -0.2) is 25.8 Å². The molecule has 0 aliphatic rings. The highest BCUT2D eigenvalue weighted by molar-refractivity contribution is 7.13. The van der Waals surface area contributed by atoms with Gasteiger partial charge in [0, 0.05) is 19.9 Å². The van der Waals surface area contributed by atoms with Gasteiger partial charge in [-0.15, -0.1) is 11.3 Å². The number of rotatable bonds is 6. The third-order valence-corrected chi connectivity index (χ3v) is 3.50. The van der Waals surface area contributed by atoms with Crippen molar-refractivity contribution in [2.24, 2.45) is 7.05 Å². The van der Waals surface area contributed by atoms with Gasteiger partial charge in [0.1, 0.15) is 5.82 Å². The molecule has 2 aromatic rings. The van der Waals surface area contributed by atoms with Crippen molar-refractivity contribution in [1.29, 1.82) is 0 Å². The summed E-state index contributed by atoms with van der Waals surface area (Å²) in [5.74, 6) is 0.914. The van der Waals surface area contributed by atoms with E-state index in [0.29, 0.717) is 6.42 Å². The number of carbonyl (C=O) groups is 1. The summed E-state index contributed by atoms with van der Waals surface area (Å²) in [6, 6.07) is 3.97. The summed E-state index contributed by atoms with van der Waals surface area (Å²) >= 11 is 1.61. The molecule has 96 valence electrons. The fourth-order valence-corrected chi connectivity index (χ4v) is 2.36. The molecule has 0 radical (unpaired) electrons. The highest BCUT2D eigenvalue weighted by Crippen LogP contribution is 2.21. The fourth-order valence-electron chi connectivity index (χ4n) is 1.70. The van der Waals surface area contributed by atoms with Crippen LogP contribution in [-0.2, 0) is 18.3 Å². The van der Waals surface area contributed by atoms with E-state index in [1.54, 1.807) is 16.0 Å². The molecule has 0 fully saturated rings.